The van der Waals surface area contributed by atoms with E-state index in [4.69, 9.17) is 4.74 Å². The lowest BCUT2D eigenvalue weighted by molar-refractivity contribution is -0.134. The first-order valence-electron chi connectivity index (χ1n) is 8.29. The van der Waals surface area contributed by atoms with Crippen molar-refractivity contribution < 1.29 is 14.3 Å². The Kier molecular flexibility index (Phi) is 4.98. The van der Waals surface area contributed by atoms with Gasteiger partial charge < -0.3 is 10.1 Å². The van der Waals surface area contributed by atoms with E-state index in [1.165, 1.54) is 0 Å². The molecule has 4 heteroatoms. The number of methoxy groups -OCH3 is 1. The number of hydrogen-bond acceptors (Lipinski definition) is 4. The van der Waals surface area contributed by atoms with Gasteiger partial charge in [-0.1, -0.05) is 49.0 Å². The first-order chi connectivity index (χ1) is 12.1. The second-order valence-electron chi connectivity index (χ2n) is 6.23. The van der Waals surface area contributed by atoms with Crippen LogP contribution in [-0.4, -0.2) is 18.7 Å². The van der Waals surface area contributed by atoms with Crippen molar-refractivity contribution in [2.24, 2.45) is 5.92 Å². The molecule has 0 spiro atoms. The van der Waals surface area contributed by atoms with E-state index in [-0.39, 0.29) is 17.5 Å². The number of anilines is 1. The SMILES string of the molecule is C=C(Nc1ccccc1OC)C1C(=O)CC(c2ccccc2)CC1=O. The van der Waals surface area contributed by atoms with Crippen LogP contribution in [0.3, 0.4) is 0 Å². The van der Waals surface area contributed by atoms with Gasteiger partial charge in [-0.2, -0.15) is 0 Å². The zero-order chi connectivity index (χ0) is 17.8. The zero-order valence-corrected chi connectivity index (χ0v) is 14.2. The quantitative estimate of drug-likeness (QED) is 0.841. The Morgan fingerprint density at radius 1 is 1.00 bits per heavy atom. The largest absolute Gasteiger partial charge is 0.495 e. The lowest BCUT2D eigenvalue weighted by Gasteiger charge is -2.28. The lowest BCUT2D eigenvalue weighted by atomic mass is 9.76. The van der Waals surface area contributed by atoms with Crippen LogP contribution in [-0.2, 0) is 9.59 Å². The topological polar surface area (TPSA) is 55.4 Å². The Labute approximate surface area is 147 Å². The van der Waals surface area contributed by atoms with E-state index in [1.807, 2.05) is 54.6 Å². The maximum absolute atomic E-state index is 12.6. The first kappa shape index (κ1) is 17.0. The van der Waals surface area contributed by atoms with Crippen LogP contribution in [0.5, 0.6) is 5.75 Å². The van der Waals surface area contributed by atoms with E-state index in [0.29, 0.717) is 30.0 Å². The number of hydrogen-bond donors (Lipinski definition) is 1. The Morgan fingerprint density at radius 2 is 1.60 bits per heavy atom. The van der Waals surface area contributed by atoms with Crippen LogP contribution < -0.4 is 10.1 Å². The van der Waals surface area contributed by atoms with Crippen molar-refractivity contribution in [3.05, 3.63) is 72.4 Å². The van der Waals surface area contributed by atoms with E-state index in [9.17, 15) is 9.59 Å². The predicted molar refractivity (Wildman–Crippen MR) is 97.7 cm³/mol. The van der Waals surface area contributed by atoms with Gasteiger partial charge in [0.1, 0.15) is 23.2 Å². The summed E-state index contributed by atoms with van der Waals surface area (Å²) in [5, 5.41) is 3.09. The highest BCUT2D eigenvalue weighted by Gasteiger charge is 2.37. The third-order valence-corrected chi connectivity index (χ3v) is 4.56. The Morgan fingerprint density at radius 3 is 2.24 bits per heavy atom. The molecule has 0 radical (unpaired) electrons. The maximum atomic E-state index is 12.6. The number of ketones is 2. The normalized spacial score (nSPS) is 20.2. The summed E-state index contributed by atoms with van der Waals surface area (Å²) < 4.78 is 5.29. The van der Waals surface area contributed by atoms with Crippen LogP contribution in [0, 0.1) is 5.92 Å². The third kappa shape index (κ3) is 3.63. The minimum atomic E-state index is -0.801. The van der Waals surface area contributed by atoms with Gasteiger partial charge in [0.25, 0.3) is 0 Å². The molecule has 4 nitrogen and oxygen atoms in total. The molecule has 2 aromatic carbocycles. The number of Topliss-reactive ketones (excluding diaryl/α,β-unsaturated/α-hetero) is 2. The second-order valence-corrected chi connectivity index (χ2v) is 6.23. The van der Waals surface area contributed by atoms with Gasteiger partial charge in [0, 0.05) is 18.5 Å². The molecule has 0 atom stereocenters. The number of para-hydroxylation sites is 2. The van der Waals surface area contributed by atoms with Crippen LogP contribution in [0.15, 0.2) is 66.9 Å². The van der Waals surface area contributed by atoms with Gasteiger partial charge in [0.15, 0.2) is 0 Å². The van der Waals surface area contributed by atoms with E-state index in [0.717, 1.165) is 5.56 Å². The van der Waals surface area contributed by atoms with Crippen molar-refractivity contribution in [3.8, 4) is 5.75 Å². The molecule has 1 fully saturated rings. The van der Waals surface area contributed by atoms with E-state index >= 15 is 0 Å². The van der Waals surface area contributed by atoms with Crippen LogP contribution in [0.1, 0.15) is 24.3 Å². The van der Waals surface area contributed by atoms with Crippen LogP contribution >= 0.6 is 0 Å². The summed E-state index contributed by atoms with van der Waals surface area (Å²) in [6, 6.07) is 17.1. The number of carbonyl (C=O) groups excluding carboxylic acids is 2. The first-order valence-corrected chi connectivity index (χ1v) is 8.29. The molecular weight excluding hydrogens is 314 g/mol. The molecule has 0 amide bonds. The van der Waals surface area contributed by atoms with Gasteiger partial charge in [-0.3, -0.25) is 9.59 Å². The third-order valence-electron chi connectivity index (χ3n) is 4.56. The summed E-state index contributed by atoms with van der Waals surface area (Å²) in [6.07, 6.45) is 0.708. The highest BCUT2D eigenvalue weighted by Crippen LogP contribution is 2.35. The number of benzene rings is 2. The fourth-order valence-corrected chi connectivity index (χ4v) is 3.32. The smallest absolute Gasteiger partial charge is 0.149 e. The molecule has 0 heterocycles. The minimum Gasteiger partial charge on any atom is -0.495 e. The molecule has 1 saturated carbocycles. The van der Waals surface area contributed by atoms with Gasteiger partial charge in [-0.15, -0.1) is 0 Å². The summed E-state index contributed by atoms with van der Waals surface area (Å²) in [6.45, 7) is 3.94. The molecule has 1 aliphatic rings. The van der Waals surface area contributed by atoms with Crippen LogP contribution in [0.2, 0.25) is 0 Å². The number of carbonyl (C=O) groups is 2. The molecule has 25 heavy (non-hydrogen) atoms. The highest BCUT2D eigenvalue weighted by atomic mass is 16.5. The summed E-state index contributed by atoms with van der Waals surface area (Å²) >= 11 is 0. The van der Waals surface area contributed by atoms with Gasteiger partial charge in [0.2, 0.25) is 0 Å². The van der Waals surface area contributed by atoms with Crippen molar-refractivity contribution in [3.63, 3.8) is 0 Å². The summed E-state index contributed by atoms with van der Waals surface area (Å²) in [4.78, 5) is 25.2. The molecule has 2 aromatic rings. The molecule has 0 aliphatic heterocycles. The average Bonchev–Trinajstić information content (AvgIpc) is 2.62. The van der Waals surface area contributed by atoms with Crippen molar-refractivity contribution in [2.45, 2.75) is 18.8 Å². The zero-order valence-electron chi connectivity index (χ0n) is 14.2. The Balaban J connectivity index is 1.74. The summed E-state index contributed by atoms with van der Waals surface area (Å²) in [5.41, 5.74) is 2.14. The van der Waals surface area contributed by atoms with E-state index in [2.05, 4.69) is 11.9 Å². The molecule has 0 unspecified atom stereocenters. The van der Waals surface area contributed by atoms with E-state index in [1.54, 1.807) is 7.11 Å². The highest BCUT2D eigenvalue weighted by molar-refractivity contribution is 6.08. The Bertz CT molecular complexity index is 780. The minimum absolute atomic E-state index is 0.0449. The standard InChI is InChI=1S/C21H21NO3/c1-14(22-17-10-6-7-11-20(17)25-2)21-18(23)12-16(13-19(21)24)15-8-4-3-5-9-15/h3-11,16,21-22H,1,12-13H2,2H3. The fourth-order valence-electron chi connectivity index (χ4n) is 3.32. The average molecular weight is 335 g/mol. The van der Waals surface area contributed by atoms with E-state index < -0.39 is 5.92 Å². The maximum Gasteiger partial charge on any atom is 0.149 e. The molecular formula is C21H21NO3. The molecule has 128 valence electrons. The van der Waals surface area contributed by atoms with Crippen molar-refractivity contribution in [2.75, 3.05) is 12.4 Å². The summed E-state index contributed by atoms with van der Waals surface area (Å²) in [5.74, 6) is -0.377. The lowest BCUT2D eigenvalue weighted by Crippen LogP contribution is -2.35. The molecule has 3 rings (SSSR count). The number of allylic oxidation sites excluding steroid dienone is 1. The number of nitrogens with one attached hydrogen (secondary N) is 1. The monoisotopic (exact) mass is 335 g/mol. The fraction of sp³-hybridized carbons (Fsp3) is 0.238. The molecule has 1 aliphatic carbocycles. The number of ether oxygens (including phenoxy) is 1. The molecule has 1 N–H and O–H groups in total. The van der Waals surface area contributed by atoms with Crippen molar-refractivity contribution >= 4 is 17.3 Å². The van der Waals surface area contributed by atoms with Crippen molar-refractivity contribution in [1.29, 1.82) is 0 Å². The summed E-state index contributed by atoms with van der Waals surface area (Å²) in [7, 11) is 1.57. The molecule has 0 bridgehead atoms. The van der Waals surface area contributed by atoms with Crippen LogP contribution in [0.4, 0.5) is 5.69 Å². The van der Waals surface area contributed by atoms with Crippen molar-refractivity contribution in [1.82, 2.24) is 0 Å². The Hall–Kier alpha value is -2.88. The van der Waals surface area contributed by atoms with Gasteiger partial charge in [-0.05, 0) is 23.6 Å². The molecule has 0 aromatic heterocycles. The van der Waals surface area contributed by atoms with Crippen LogP contribution in [0.25, 0.3) is 0 Å². The predicted octanol–water partition coefficient (Wildman–Crippen LogP) is 3.95. The van der Waals surface area contributed by atoms with Gasteiger partial charge in [0.05, 0.1) is 12.8 Å². The second kappa shape index (κ2) is 7.34. The van der Waals surface area contributed by atoms with Gasteiger partial charge >= 0.3 is 0 Å². The van der Waals surface area contributed by atoms with Gasteiger partial charge in [-0.25, -0.2) is 0 Å². The molecule has 0 saturated heterocycles. The number of rotatable bonds is 5.